The highest BCUT2D eigenvalue weighted by Crippen LogP contribution is 2.70. The lowest BCUT2D eigenvalue weighted by Crippen LogP contribution is -2.55. The molecule has 1 nitrogen and oxygen atoms in total. The Labute approximate surface area is 457 Å². The summed E-state index contributed by atoms with van der Waals surface area (Å²) in [6.45, 7) is 19.1. The van der Waals surface area contributed by atoms with Crippen molar-refractivity contribution in [2.24, 2.45) is 23.7 Å². The summed E-state index contributed by atoms with van der Waals surface area (Å²) >= 11 is 0. The Bertz CT molecular complexity index is 3920. The lowest BCUT2D eigenvalue weighted by molar-refractivity contribution is -0.0399. The van der Waals surface area contributed by atoms with Crippen LogP contribution in [0.1, 0.15) is 143 Å². The second-order valence-electron chi connectivity index (χ2n) is 27.3. The molecule has 0 unspecified atom stereocenters. The Hall–Kier alpha value is -7.22. The molecular formula is C76H69N. The Balaban J connectivity index is 0.956. The summed E-state index contributed by atoms with van der Waals surface area (Å²) in [5.74, 6) is 3.12. The smallest absolute Gasteiger partial charge is 0.0726 e. The van der Waals surface area contributed by atoms with E-state index in [0.29, 0.717) is 11.8 Å². The number of hydrogen-bond acceptors (Lipinski definition) is 1. The fourth-order valence-electron chi connectivity index (χ4n) is 17.9. The number of anilines is 3. The molecule has 9 aromatic carbocycles. The van der Waals surface area contributed by atoms with Crippen LogP contribution in [-0.2, 0) is 27.1 Å². The Morgan fingerprint density at radius 2 is 0.779 bits per heavy atom. The molecule has 4 fully saturated rings. The third-order valence-electron chi connectivity index (χ3n) is 20.9. The lowest BCUT2D eigenvalue weighted by atomic mass is 9.43. The van der Waals surface area contributed by atoms with E-state index in [1.165, 1.54) is 149 Å². The average Bonchev–Trinajstić information content (AvgIpc) is 3.80. The van der Waals surface area contributed by atoms with Crippen LogP contribution in [0.25, 0.3) is 55.6 Å². The first kappa shape index (κ1) is 45.9. The highest BCUT2D eigenvalue weighted by Gasteiger charge is 2.62. The van der Waals surface area contributed by atoms with Crippen LogP contribution < -0.4 is 4.90 Å². The minimum absolute atomic E-state index is 0.0229. The van der Waals surface area contributed by atoms with Gasteiger partial charge < -0.3 is 4.90 Å². The van der Waals surface area contributed by atoms with Gasteiger partial charge in [-0.2, -0.15) is 0 Å². The van der Waals surface area contributed by atoms with Crippen LogP contribution in [0.4, 0.5) is 17.1 Å². The Morgan fingerprint density at radius 1 is 0.351 bits per heavy atom. The molecule has 8 aliphatic carbocycles. The highest BCUT2D eigenvalue weighted by atomic mass is 15.1. The molecule has 9 aromatic rings. The first-order chi connectivity index (χ1) is 37.1. The molecule has 0 N–H and O–H groups in total. The summed E-state index contributed by atoms with van der Waals surface area (Å²) in [7, 11) is 0. The van der Waals surface area contributed by atoms with Crippen molar-refractivity contribution in [3.8, 4) is 55.6 Å². The van der Waals surface area contributed by atoms with Crippen molar-refractivity contribution in [2.45, 2.75) is 115 Å². The minimum atomic E-state index is -0.516. The minimum Gasteiger partial charge on any atom is -0.310 e. The van der Waals surface area contributed by atoms with Crippen molar-refractivity contribution >= 4 is 17.1 Å². The highest BCUT2D eigenvalue weighted by molar-refractivity contribution is 5.98. The van der Waals surface area contributed by atoms with Gasteiger partial charge in [0, 0.05) is 27.9 Å². The molecule has 0 atom stereocenters. The molecule has 8 aliphatic rings. The number of benzene rings is 9. The van der Waals surface area contributed by atoms with Gasteiger partial charge in [-0.25, -0.2) is 0 Å². The third kappa shape index (κ3) is 6.02. The maximum absolute atomic E-state index is 2.70. The zero-order chi connectivity index (χ0) is 52.1. The Morgan fingerprint density at radius 3 is 1.38 bits per heavy atom. The molecule has 0 amide bonds. The topological polar surface area (TPSA) is 3.24 Å². The van der Waals surface area contributed by atoms with Crippen molar-refractivity contribution < 1.29 is 0 Å². The molecule has 17 rings (SSSR count). The van der Waals surface area contributed by atoms with Crippen molar-refractivity contribution in [1.29, 1.82) is 0 Å². The number of fused-ring (bicyclic) bond motifs is 16. The van der Waals surface area contributed by atoms with Crippen LogP contribution in [-0.4, -0.2) is 0 Å². The number of hydrogen-bond donors (Lipinski definition) is 0. The van der Waals surface area contributed by atoms with E-state index in [1.807, 2.05) is 0 Å². The molecule has 77 heavy (non-hydrogen) atoms. The molecule has 0 aliphatic heterocycles. The number of nitrogens with zero attached hydrogens (tertiary/aromatic N) is 1. The second kappa shape index (κ2) is 15.5. The molecule has 2 spiro atoms. The molecule has 0 aromatic heterocycles. The van der Waals surface area contributed by atoms with Crippen molar-refractivity contribution in [2.75, 3.05) is 4.90 Å². The van der Waals surface area contributed by atoms with E-state index in [-0.39, 0.29) is 21.7 Å². The van der Waals surface area contributed by atoms with Crippen LogP contribution in [0.5, 0.6) is 0 Å². The number of rotatable bonds is 4. The third-order valence-corrected chi connectivity index (χ3v) is 20.9. The summed E-state index contributed by atoms with van der Waals surface area (Å²) in [6.07, 6.45) is 6.90. The molecule has 0 saturated heterocycles. The van der Waals surface area contributed by atoms with Crippen molar-refractivity contribution in [3.63, 3.8) is 0 Å². The van der Waals surface area contributed by atoms with Crippen LogP contribution in [0, 0.1) is 23.7 Å². The molecule has 0 radical (unpaired) electrons. The van der Waals surface area contributed by atoms with Gasteiger partial charge in [0.2, 0.25) is 0 Å². The summed E-state index contributed by atoms with van der Waals surface area (Å²) in [5.41, 5.74) is 30.9. The van der Waals surface area contributed by atoms with E-state index in [0.717, 1.165) is 11.8 Å². The van der Waals surface area contributed by atoms with Crippen molar-refractivity contribution in [3.05, 3.63) is 244 Å². The lowest BCUT2D eigenvalue weighted by Gasteiger charge is -2.61. The van der Waals surface area contributed by atoms with Gasteiger partial charge in [-0.05, 0) is 214 Å². The second-order valence-corrected chi connectivity index (χ2v) is 27.3. The van der Waals surface area contributed by atoms with Gasteiger partial charge in [-0.15, -0.1) is 0 Å². The van der Waals surface area contributed by atoms with E-state index in [1.54, 1.807) is 11.1 Å². The molecule has 1 heteroatoms. The summed E-state index contributed by atoms with van der Waals surface area (Å²) in [4.78, 5) is 2.66. The zero-order valence-corrected chi connectivity index (χ0v) is 46.2. The molecular weight excluding hydrogens is 927 g/mol. The van der Waals surface area contributed by atoms with E-state index >= 15 is 0 Å². The average molecular weight is 996 g/mol. The summed E-state index contributed by atoms with van der Waals surface area (Å²) in [5, 5.41) is 0. The monoisotopic (exact) mass is 996 g/mol. The van der Waals surface area contributed by atoms with E-state index < -0.39 is 5.41 Å². The normalized spacial score (nSPS) is 22.5. The van der Waals surface area contributed by atoms with Crippen LogP contribution in [0.3, 0.4) is 0 Å². The van der Waals surface area contributed by atoms with Gasteiger partial charge in [-0.1, -0.05) is 207 Å². The largest absolute Gasteiger partial charge is 0.310 e. The maximum Gasteiger partial charge on any atom is 0.0726 e. The summed E-state index contributed by atoms with van der Waals surface area (Å²) < 4.78 is 0. The first-order valence-electron chi connectivity index (χ1n) is 29.1. The van der Waals surface area contributed by atoms with E-state index in [9.17, 15) is 0 Å². The SMILES string of the molecule is CC(C)(C)c1ccc2c(c1)C1(c3ccccc3-c3ccc(N(c4cccc(-c5cccc6c5C(C)(C)c5ccccc5-6)c4)c4ccc5c(c4)C4(c6ccccc6-5)C5CC6CC(C5)CC4C6)cc31)c1cc(C(C)(C)C)ccc1-2. The molecule has 4 bridgehead atoms. The van der Waals surface area contributed by atoms with E-state index in [4.69, 9.17) is 0 Å². The van der Waals surface area contributed by atoms with E-state index in [2.05, 4.69) is 248 Å². The van der Waals surface area contributed by atoms with Crippen molar-refractivity contribution in [1.82, 2.24) is 0 Å². The first-order valence-corrected chi connectivity index (χ1v) is 29.1. The standard InChI is InChI=1S/C76H69N/c1-72(2,3)48-27-31-59-60-32-28-49(73(4,5)6)42-68(60)76(67(59)41-48)66-26-14-11-20-57(66)62-34-30-54(44-70(62)76)77(52-18-15-17-47(40-52)55-22-16-23-63-58-21-9-12-24-64(58)74(7,8)71(55)63)53-29-33-61-56-19-10-13-25-65(56)75(69(61)43-53)50-36-45-35-46(38-50)39-51(75)37-45/h9-34,40-46,50-51H,35-39H2,1-8H3. The Kier molecular flexibility index (Phi) is 9.25. The van der Waals surface area contributed by atoms with Crippen LogP contribution in [0.2, 0.25) is 0 Å². The predicted octanol–water partition coefficient (Wildman–Crippen LogP) is 19.8. The van der Waals surface area contributed by atoms with Crippen LogP contribution in [0.15, 0.2) is 188 Å². The van der Waals surface area contributed by atoms with Gasteiger partial charge in [-0.3, -0.25) is 0 Å². The fourth-order valence-corrected chi connectivity index (χ4v) is 17.9. The maximum atomic E-state index is 2.70. The predicted molar refractivity (Wildman–Crippen MR) is 321 cm³/mol. The zero-order valence-electron chi connectivity index (χ0n) is 46.2. The van der Waals surface area contributed by atoms with Gasteiger partial charge in [0.05, 0.1) is 5.41 Å². The van der Waals surface area contributed by atoms with Gasteiger partial charge >= 0.3 is 0 Å². The summed E-state index contributed by atoms with van der Waals surface area (Å²) in [6, 6.07) is 74.8. The molecule has 4 saturated carbocycles. The van der Waals surface area contributed by atoms with Crippen LogP contribution >= 0.6 is 0 Å². The quantitative estimate of drug-likeness (QED) is 0.170. The molecule has 0 heterocycles. The fraction of sp³-hybridized carbons (Fsp3) is 0.289. The van der Waals surface area contributed by atoms with Gasteiger partial charge in [0.15, 0.2) is 0 Å². The van der Waals surface area contributed by atoms with Gasteiger partial charge in [0.1, 0.15) is 0 Å². The molecule has 378 valence electrons. The van der Waals surface area contributed by atoms with Gasteiger partial charge in [0.25, 0.3) is 0 Å².